The lowest BCUT2D eigenvalue weighted by Crippen LogP contribution is -2.54. The van der Waals surface area contributed by atoms with Gasteiger partial charge in [0.05, 0.1) is 12.6 Å². The molecule has 2 atom stereocenters. The molecular weight excluding hydrogens is 292 g/mol. The molecule has 1 aromatic heterocycles. The molecule has 0 saturated carbocycles. The molecule has 2 aliphatic heterocycles. The van der Waals surface area contributed by atoms with Gasteiger partial charge in [-0.05, 0) is 44.5 Å². The zero-order chi connectivity index (χ0) is 16.1. The van der Waals surface area contributed by atoms with Crippen LogP contribution in [0.1, 0.15) is 43.6 Å². The summed E-state index contributed by atoms with van der Waals surface area (Å²) in [6.45, 7) is 5.35. The van der Waals surface area contributed by atoms with Crippen molar-refractivity contribution in [3.8, 4) is 0 Å². The van der Waals surface area contributed by atoms with Gasteiger partial charge in [0.1, 0.15) is 18.1 Å². The van der Waals surface area contributed by atoms with Crippen LogP contribution in [-0.2, 0) is 17.9 Å². The molecule has 0 unspecified atom stereocenters. The molecule has 0 aromatic carbocycles. The fraction of sp³-hybridized carbons (Fsp3) is 0.778. The van der Waals surface area contributed by atoms with Crippen LogP contribution in [0.25, 0.3) is 0 Å². The van der Waals surface area contributed by atoms with E-state index in [4.69, 9.17) is 9.15 Å². The van der Waals surface area contributed by atoms with Gasteiger partial charge in [0.2, 0.25) is 0 Å². The van der Waals surface area contributed by atoms with Crippen molar-refractivity contribution in [1.29, 1.82) is 0 Å². The van der Waals surface area contributed by atoms with E-state index in [2.05, 4.69) is 9.80 Å². The second kappa shape index (κ2) is 8.29. The summed E-state index contributed by atoms with van der Waals surface area (Å²) in [7, 11) is 1.67. The van der Waals surface area contributed by atoms with Gasteiger partial charge in [-0.25, -0.2) is 0 Å². The number of hydrogen-bond acceptors (Lipinski definition) is 5. The van der Waals surface area contributed by atoms with E-state index < -0.39 is 0 Å². The molecule has 2 saturated heterocycles. The van der Waals surface area contributed by atoms with Crippen molar-refractivity contribution in [3.63, 3.8) is 0 Å². The molecule has 3 heterocycles. The Labute approximate surface area is 139 Å². The van der Waals surface area contributed by atoms with E-state index in [9.17, 15) is 5.11 Å². The average Bonchev–Trinajstić information content (AvgIpc) is 2.81. The lowest BCUT2D eigenvalue weighted by molar-refractivity contribution is -0.0161. The zero-order valence-corrected chi connectivity index (χ0v) is 14.2. The van der Waals surface area contributed by atoms with Gasteiger partial charge >= 0.3 is 0 Å². The number of aliphatic hydroxyl groups is 1. The van der Waals surface area contributed by atoms with Crippen molar-refractivity contribution in [2.45, 2.75) is 57.4 Å². The number of β-amino-alcohol motifs (C(OH)–C–C–N with tert-alkyl or cyclic N) is 1. The number of rotatable bonds is 5. The van der Waals surface area contributed by atoms with Crippen LogP contribution in [0.3, 0.4) is 0 Å². The Kier molecular flexibility index (Phi) is 6.11. The molecule has 3 rings (SSSR count). The van der Waals surface area contributed by atoms with Crippen molar-refractivity contribution in [1.82, 2.24) is 9.80 Å². The fourth-order valence-corrected chi connectivity index (χ4v) is 3.93. The third-order valence-corrected chi connectivity index (χ3v) is 5.12. The Bertz CT molecular complexity index is 469. The van der Waals surface area contributed by atoms with E-state index in [1.807, 2.05) is 12.1 Å². The number of furan rings is 1. The van der Waals surface area contributed by atoms with Crippen molar-refractivity contribution in [2.24, 2.45) is 0 Å². The molecule has 130 valence electrons. The highest BCUT2D eigenvalue weighted by atomic mass is 16.5. The van der Waals surface area contributed by atoms with E-state index in [-0.39, 0.29) is 6.10 Å². The first-order valence-electron chi connectivity index (χ1n) is 8.97. The minimum absolute atomic E-state index is 0.254. The summed E-state index contributed by atoms with van der Waals surface area (Å²) in [5, 5.41) is 10.6. The third-order valence-electron chi connectivity index (χ3n) is 5.12. The molecule has 0 aliphatic carbocycles. The Morgan fingerprint density at radius 2 is 1.87 bits per heavy atom. The van der Waals surface area contributed by atoms with Crippen molar-refractivity contribution >= 4 is 0 Å². The van der Waals surface area contributed by atoms with Crippen molar-refractivity contribution in [3.05, 3.63) is 23.7 Å². The predicted molar refractivity (Wildman–Crippen MR) is 89.2 cm³/mol. The number of hydrogen-bond donors (Lipinski definition) is 1. The number of methoxy groups -OCH3 is 1. The van der Waals surface area contributed by atoms with Crippen LogP contribution in [0.2, 0.25) is 0 Å². The van der Waals surface area contributed by atoms with Crippen molar-refractivity contribution in [2.75, 3.05) is 33.3 Å². The second-order valence-electron chi connectivity index (χ2n) is 6.91. The molecule has 1 N–H and O–H groups in total. The average molecular weight is 322 g/mol. The smallest absolute Gasteiger partial charge is 0.129 e. The predicted octanol–water partition coefficient (Wildman–Crippen LogP) is 2.24. The maximum absolute atomic E-state index is 10.6. The minimum Gasteiger partial charge on any atom is -0.462 e. The maximum atomic E-state index is 10.6. The van der Waals surface area contributed by atoms with E-state index in [0.29, 0.717) is 12.6 Å². The van der Waals surface area contributed by atoms with Crippen LogP contribution in [0.5, 0.6) is 0 Å². The molecule has 5 nitrogen and oxygen atoms in total. The van der Waals surface area contributed by atoms with E-state index in [1.54, 1.807) is 7.11 Å². The van der Waals surface area contributed by atoms with Gasteiger partial charge in [-0.3, -0.25) is 9.80 Å². The highest BCUT2D eigenvalue weighted by molar-refractivity contribution is 5.06. The van der Waals surface area contributed by atoms with Gasteiger partial charge < -0.3 is 14.3 Å². The first-order valence-corrected chi connectivity index (χ1v) is 8.97. The van der Waals surface area contributed by atoms with E-state index >= 15 is 0 Å². The summed E-state index contributed by atoms with van der Waals surface area (Å²) < 4.78 is 10.8. The summed E-state index contributed by atoms with van der Waals surface area (Å²) >= 11 is 0. The molecule has 0 bridgehead atoms. The highest BCUT2D eigenvalue weighted by Crippen LogP contribution is 2.22. The first kappa shape index (κ1) is 17.0. The highest BCUT2D eigenvalue weighted by Gasteiger charge is 2.32. The number of piperidine rings is 1. The second-order valence-corrected chi connectivity index (χ2v) is 6.91. The lowest BCUT2D eigenvalue weighted by Gasteiger charge is -2.41. The number of nitrogens with zero attached hydrogens (tertiary/aromatic N) is 2. The first-order chi connectivity index (χ1) is 11.3. The third kappa shape index (κ3) is 4.57. The van der Waals surface area contributed by atoms with Crippen molar-refractivity contribution < 1.29 is 14.3 Å². The van der Waals surface area contributed by atoms with Crippen LogP contribution in [0, 0.1) is 0 Å². The maximum Gasteiger partial charge on any atom is 0.129 e. The topological polar surface area (TPSA) is 49.1 Å². The SMILES string of the molecule is COCc1ccc(CN2CC[C@@H](N3CCCCCC3)[C@H](O)C2)o1. The van der Waals surface area contributed by atoms with Crippen LogP contribution in [0.15, 0.2) is 16.5 Å². The minimum atomic E-state index is -0.254. The van der Waals surface area contributed by atoms with Crippen LogP contribution in [0.4, 0.5) is 0 Å². The number of aliphatic hydroxyl groups excluding tert-OH is 1. The molecule has 5 heteroatoms. The Balaban J connectivity index is 1.51. The Morgan fingerprint density at radius 1 is 1.13 bits per heavy atom. The molecule has 0 radical (unpaired) electrons. The number of likely N-dealkylation sites (tertiary alicyclic amines) is 2. The van der Waals surface area contributed by atoms with Crippen LogP contribution < -0.4 is 0 Å². The molecule has 2 aliphatic rings. The zero-order valence-electron chi connectivity index (χ0n) is 14.2. The molecule has 0 spiro atoms. The summed E-state index contributed by atoms with van der Waals surface area (Å²) in [5.41, 5.74) is 0. The van der Waals surface area contributed by atoms with Gasteiger partial charge in [0.25, 0.3) is 0 Å². The van der Waals surface area contributed by atoms with Gasteiger partial charge in [-0.15, -0.1) is 0 Å². The normalized spacial score (nSPS) is 27.9. The lowest BCUT2D eigenvalue weighted by atomic mass is 9.99. The standard InChI is InChI=1S/C18H30N2O3/c1-22-14-16-7-6-15(23-16)12-19-11-8-17(18(21)13-19)20-9-4-2-3-5-10-20/h6-7,17-18,21H,2-5,8-14H2,1H3/t17-,18-/m1/s1. The summed E-state index contributed by atoms with van der Waals surface area (Å²) in [4.78, 5) is 4.83. The summed E-state index contributed by atoms with van der Waals surface area (Å²) in [6, 6.07) is 4.32. The Morgan fingerprint density at radius 3 is 2.57 bits per heavy atom. The molecule has 1 aromatic rings. The van der Waals surface area contributed by atoms with Crippen LogP contribution >= 0.6 is 0 Å². The molecule has 0 amide bonds. The largest absolute Gasteiger partial charge is 0.462 e. The monoisotopic (exact) mass is 322 g/mol. The summed E-state index contributed by atoms with van der Waals surface area (Å²) in [6.07, 6.45) is 6.03. The fourth-order valence-electron chi connectivity index (χ4n) is 3.93. The molecule has 2 fully saturated rings. The summed E-state index contributed by atoms with van der Waals surface area (Å²) in [5.74, 6) is 1.82. The Hall–Kier alpha value is -0.880. The molecular formula is C18H30N2O3. The van der Waals surface area contributed by atoms with E-state index in [1.165, 1.54) is 25.7 Å². The van der Waals surface area contributed by atoms with Crippen LogP contribution in [-0.4, -0.2) is 60.3 Å². The van der Waals surface area contributed by atoms with Gasteiger partial charge in [0.15, 0.2) is 0 Å². The van der Waals surface area contributed by atoms with Gasteiger partial charge in [-0.1, -0.05) is 12.8 Å². The molecule has 23 heavy (non-hydrogen) atoms. The van der Waals surface area contributed by atoms with Gasteiger partial charge in [-0.2, -0.15) is 0 Å². The number of ether oxygens (including phenoxy) is 1. The van der Waals surface area contributed by atoms with E-state index in [0.717, 1.165) is 50.7 Å². The van der Waals surface area contributed by atoms with Gasteiger partial charge in [0, 0.05) is 26.2 Å². The quantitative estimate of drug-likeness (QED) is 0.901.